The molecule has 98 valence electrons. The second-order valence-electron chi connectivity index (χ2n) is 5.27. The van der Waals surface area contributed by atoms with Gasteiger partial charge in [-0.2, -0.15) is 0 Å². The van der Waals surface area contributed by atoms with Crippen LogP contribution in [0, 0.1) is 17.8 Å². The van der Waals surface area contributed by atoms with E-state index in [1.807, 2.05) is 0 Å². The summed E-state index contributed by atoms with van der Waals surface area (Å²) in [5.74, 6) is 3.10. The third kappa shape index (κ3) is 3.48. The fraction of sp³-hybridized carbons (Fsp3) is 0.786. The summed E-state index contributed by atoms with van der Waals surface area (Å²) in [7, 11) is 3.32. The van der Waals surface area contributed by atoms with Crippen LogP contribution in [0.1, 0.15) is 40.0 Å². The average Bonchev–Trinajstić information content (AvgIpc) is 2.27. The molecule has 0 amide bonds. The molecule has 0 heterocycles. The summed E-state index contributed by atoms with van der Waals surface area (Å²) in [6, 6.07) is 0. The van der Waals surface area contributed by atoms with Crippen LogP contribution in [0.4, 0.5) is 0 Å². The number of Topliss-reactive ketones (excluding diaryl/α,β-unsaturated/α-hetero) is 1. The van der Waals surface area contributed by atoms with Crippen molar-refractivity contribution in [2.75, 3.05) is 14.2 Å². The van der Waals surface area contributed by atoms with Crippen LogP contribution in [0.3, 0.4) is 0 Å². The third-order valence-electron chi connectivity index (χ3n) is 3.52. The monoisotopic (exact) mass is 240 g/mol. The van der Waals surface area contributed by atoms with E-state index in [-0.39, 0.29) is 11.7 Å². The van der Waals surface area contributed by atoms with Crippen molar-refractivity contribution in [2.45, 2.75) is 40.0 Å². The molecule has 0 aliphatic heterocycles. The number of ketones is 1. The summed E-state index contributed by atoms with van der Waals surface area (Å²) in [5.41, 5.74) is 0. The molecule has 0 saturated carbocycles. The standard InChI is InChI=1S/C14H24O3/c1-9(2)6-11-7-13(16-4)14(17-5)8-12(11)10(3)15/h9,11-12H,6-8H2,1-5H3. The van der Waals surface area contributed by atoms with E-state index in [1.54, 1.807) is 21.1 Å². The van der Waals surface area contributed by atoms with E-state index in [2.05, 4.69) is 13.8 Å². The Kier molecular flexibility index (Phi) is 5.03. The lowest BCUT2D eigenvalue weighted by Gasteiger charge is -2.32. The van der Waals surface area contributed by atoms with Crippen molar-refractivity contribution in [3.63, 3.8) is 0 Å². The minimum Gasteiger partial charge on any atom is -0.498 e. The number of hydrogen-bond donors (Lipinski definition) is 0. The Morgan fingerprint density at radius 2 is 1.76 bits per heavy atom. The predicted molar refractivity (Wildman–Crippen MR) is 67.4 cm³/mol. The summed E-state index contributed by atoms with van der Waals surface area (Å²) < 4.78 is 10.7. The van der Waals surface area contributed by atoms with Crippen LogP contribution in [0.2, 0.25) is 0 Å². The van der Waals surface area contributed by atoms with Crippen LogP contribution in [-0.4, -0.2) is 20.0 Å². The number of rotatable bonds is 5. The molecule has 0 aromatic carbocycles. The normalized spacial score (nSPS) is 25.1. The molecule has 2 atom stereocenters. The highest BCUT2D eigenvalue weighted by Crippen LogP contribution is 2.38. The predicted octanol–water partition coefficient (Wildman–Crippen LogP) is 3.15. The molecule has 0 aromatic rings. The Morgan fingerprint density at radius 1 is 1.24 bits per heavy atom. The molecule has 1 rings (SSSR count). The van der Waals surface area contributed by atoms with Crippen molar-refractivity contribution in [2.24, 2.45) is 17.8 Å². The van der Waals surface area contributed by atoms with Crippen LogP contribution >= 0.6 is 0 Å². The van der Waals surface area contributed by atoms with Gasteiger partial charge in [-0.3, -0.25) is 4.79 Å². The first kappa shape index (κ1) is 14.1. The second-order valence-corrected chi connectivity index (χ2v) is 5.27. The minimum atomic E-state index is 0.0891. The van der Waals surface area contributed by atoms with E-state index in [9.17, 15) is 4.79 Å². The number of carbonyl (C=O) groups excluding carboxylic acids is 1. The zero-order valence-corrected chi connectivity index (χ0v) is 11.6. The van der Waals surface area contributed by atoms with Gasteiger partial charge in [-0.15, -0.1) is 0 Å². The number of hydrogen-bond acceptors (Lipinski definition) is 3. The van der Waals surface area contributed by atoms with Crippen LogP contribution in [0.15, 0.2) is 11.5 Å². The zero-order valence-electron chi connectivity index (χ0n) is 11.6. The smallest absolute Gasteiger partial charge is 0.134 e. The summed E-state index contributed by atoms with van der Waals surface area (Å²) in [4.78, 5) is 11.7. The van der Waals surface area contributed by atoms with Gasteiger partial charge < -0.3 is 9.47 Å². The molecule has 17 heavy (non-hydrogen) atoms. The van der Waals surface area contributed by atoms with Crippen LogP contribution in [0.25, 0.3) is 0 Å². The molecule has 0 fully saturated rings. The molecule has 3 heteroatoms. The van der Waals surface area contributed by atoms with E-state index < -0.39 is 0 Å². The molecule has 1 aliphatic carbocycles. The number of allylic oxidation sites excluding steroid dienone is 2. The Bertz CT molecular complexity index is 305. The van der Waals surface area contributed by atoms with Gasteiger partial charge in [-0.05, 0) is 25.2 Å². The Labute approximate surface area is 104 Å². The minimum absolute atomic E-state index is 0.0891. The first-order valence-corrected chi connectivity index (χ1v) is 6.30. The topological polar surface area (TPSA) is 35.5 Å². The Morgan fingerprint density at radius 3 is 2.18 bits per heavy atom. The van der Waals surface area contributed by atoms with Crippen molar-refractivity contribution < 1.29 is 14.3 Å². The maximum Gasteiger partial charge on any atom is 0.134 e. The van der Waals surface area contributed by atoms with Gasteiger partial charge >= 0.3 is 0 Å². The molecule has 0 N–H and O–H groups in total. The van der Waals surface area contributed by atoms with Crippen LogP contribution in [-0.2, 0) is 14.3 Å². The van der Waals surface area contributed by atoms with Crippen molar-refractivity contribution in [1.82, 2.24) is 0 Å². The average molecular weight is 240 g/mol. The maximum absolute atomic E-state index is 11.7. The van der Waals surface area contributed by atoms with Gasteiger partial charge in [0.05, 0.1) is 14.2 Å². The lowest BCUT2D eigenvalue weighted by Crippen LogP contribution is -2.29. The SMILES string of the molecule is COC1=C(OC)CC(C(C)=O)C(CC(C)C)C1. The fourth-order valence-electron chi connectivity index (χ4n) is 2.70. The summed E-state index contributed by atoms with van der Waals surface area (Å²) in [6.07, 6.45) is 2.57. The van der Waals surface area contributed by atoms with Gasteiger partial charge in [-0.1, -0.05) is 13.8 Å². The van der Waals surface area contributed by atoms with Gasteiger partial charge in [0.1, 0.15) is 17.3 Å². The van der Waals surface area contributed by atoms with Gasteiger partial charge in [0.2, 0.25) is 0 Å². The van der Waals surface area contributed by atoms with Crippen molar-refractivity contribution in [1.29, 1.82) is 0 Å². The molecule has 0 saturated heterocycles. The molecular weight excluding hydrogens is 216 g/mol. The summed E-state index contributed by atoms with van der Waals surface area (Å²) >= 11 is 0. The quantitative estimate of drug-likeness (QED) is 0.740. The van der Waals surface area contributed by atoms with Crippen LogP contribution in [0.5, 0.6) is 0 Å². The first-order valence-electron chi connectivity index (χ1n) is 6.30. The van der Waals surface area contributed by atoms with E-state index in [0.29, 0.717) is 18.3 Å². The number of ether oxygens (including phenoxy) is 2. The summed E-state index contributed by atoms with van der Waals surface area (Å²) in [5, 5.41) is 0. The number of methoxy groups -OCH3 is 2. The van der Waals surface area contributed by atoms with Gasteiger partial charge in [0.15, 0.2) is 0 Å². The van der Waals surface area contributed by atoms with Crippen molar-refractivity contribution in [3.05, 3.63) is 11.5 Å². The molecule has 0 aromatic heterocycles. The van der Waals surface area contributed by atoms with Crippen molar-refractivity contribution in [3.8, 4) is 0 Å². The molecule has 2 unspecified atom stereocenters. The Balaban J connectivity index is 2.89. The second kappa shape index (κ2) is 6.08. The highest BCUT2D eigenvalue weighted by atomic mass is 16.5. The Hall–Kier alpha value is -0.990. The molecule has 0 radical (unpaired) electrons. The molecule has 0 bridgehead atoms. The fourth-order valence-corrected chi connectivity index (χ4v) is 2.70. The van der Waals surface area contributed by atoms with E-state index in [1.165, 1.54) is 0 Å². The van der Waals surface area contributed by atoms with E-state index in [0.717, 1.165) is 24.4 Å². The zero-order chi connectivity index (χ0) is 13.0. The first-order chi connectivity index (χ1) is 7.99. The summed E-state index contributed by atoms with van der Waals surface area (Å²) in [6.45, 7) is 6.07. The lowest BCUT2D eigenvalue weighted by molar-refractivity contribution is -0.123. The van der Waals surface area contributed by atoms with Gasteiger partial charge in [0, 0.05) is 18.8 Å². The van der Waals surface area contributed by atoms with E-state index >= 15 is 0 Å². The van der Waals surface area contributed by atoms with Crippen LogP contribution < -0.4 is 0 Å². The van der Waals surface area contributed by atoms with Crippen molar-refractivity contribution >= 4 is 5.78 Å². The highest BCUT2D eigenvalue weighted by molar-refractivity contribution is 5.79. The molecule has 0 spiro atoms. The number of carbonyl (C=O) groups is 1. The molecular formula is C14H24O3. The van der Waals surface area contributed by atoms with Gasteiger partial charge in [-0.25, -0.2) is 0 Å². The molecule has 3 nitrogen and oxygen atoms in total. The highest BCUT2D eigenvalue weighted by Gasteiger charge is 2.34. The largest absolute Gasteiger partial charge is 0.498 e. The van der Waals surface area contributed by atoms with Gasteiger partial charge in [0.25, 0.3) is 0 Å². The molecule has 1 aliphatic rings. The van der Waals surface area contributed by atoms with E-state index in [4.69, 9.17) is 9.47 Å². The lowest BCUT2D eigenvalue weighted by atomic mass is 9.75. The maximum atomic E-state index is 11.7. The third-order valence-corrected chi connectivity index (χ3v) is 3.52.